The van der Waals surface area contributed by atoms with Crippen LogP contribution >= 0.6 is 11.8 Å². The van der Waals surface area contributed by atoms with Gasteiger partial charge >= 0.3 is 0 Å². The van der Waals surface area contributed by atoms with Crippen molar-refractivity contribution in [3.63, 3.8) is 0 Å². The van der Waals surface area contributed by atoms with Crippen molar-refractivity contribution in [2.24, 2.45) is 5.92 Å². The van der Waals surface area contributed by atoms with Crippen LogP contribution < -0.4 is 10.6 Å². The third-order valence-electron chi connectivity index (χ3n) is 6.71. The van der Waals surface area contributed by atoms with Gasteiger partial charge in [-0.25, -0.2) is 23.4 Å². The van der Waals surface area contributed by atoms with Crippen molar-refractivity contribution in [1.29, 1.82) is 0 Å². The van der Waals surface area contributed by atoms with E-state index in [1.54, 1.807) is 16.6 Å². The zero-order chi connectivity index (χ0) is 25.3. The Morgan fingerprint density at radius 3 is 2.53 bits per heavy atom. The minimum atomic E-state index is -3.17. The zero-order valence-corrected chi connectivity index (χ0v) is 22.6. The number of pyridine rings is 1. The number of nitrogens with zero attached hydrogens (tertiary/aromatic N) is 6. The van der Waals surface area contributed by atoms with Crippen LogP contribution in [0.2, 0.25) is 0 Å². The average Bonchev–Trinajstić information content (AvgIpc) is 3.26. The van der Waals surface area contributed by atoms with E-state index in [1.807, 2.05) is 31.7 Å². The van der Waals surface area contributed by atoms with E-state index in [4.69, 9.17) is 20.4 Å². The van der Waals surface area contributed by atoms with Crippen LogP contribution in [0.3, 0.4) is 0 Å². The summed E-state index contributed by atoms with van der Waals surface area (Å²) >= 11 is 1.85. The summed E-state index contributed by atoms with van der Waals surface area (Å²) in [6.45, 7) is 10.4. The van der Waals surface area contributed by atoms with Crippen LogP contribution in [0.15, 0.2) is 23.2 Å². The number of morpholine rings is 1. The SMILES string of the molecule is CC(C)CS(=O)(=O)N1CCN(CC2Cc3nc(-c4ccc(N)nc4)nc(N4CCOCC4)c3S2)CC1. The maximum atomic E-state index is 12.6. The molecule has 2 saturated heterocycles. The number of nitrogen functional groups attached to an aromatic ring is 1. The van der Waals surface area contributed by atoms with Crippen LogP contribution in [-0.4, -0.2) is 103 Å². The van der Waals surface area contributed by atoms with Gasteiger partial charge < -0.3 is 15.4 Å². The number of piperazine rings is 1. The second kappa shape index (κ2) is 10.8. The predicted octanol–water partition coefficient (Wildman–Crippen LogP) is 1.58. The van der Waals surface area contributed by atoms with Gasteiger partial charge in [-0.05, 0) is 18.1 Å². The van der Waals surface area contributed by atoms with E-state index < -0.39 is 10.0 Å². The molecule has 2 fully saturated rings. The van der Waals surface area contributed by atoms with Crippen molar-refractivity contribution in [1.82, 2.24) is 24.2 Å². The summed E-state index contributed by atoms with van der Waals surface area (Å²) in [5, 5.41) is 0.354. The van der Waals surface area contributed by atoms with Gasteiger partial charge in [0.2, 0.25) is 10.0 Å². The zero-order valence-electron chi connectivity index (χ0n) is 21.0. The van der Waals surface area contributed by atoms with Gasteiger partial charge in [0.15, 0.2) is 5.82 Å². The minimum absolute atomic E-state index is 0.136. The Hall–Kier alpha value is -1.99. The molecule has 2 N–H and O–H groups in total. The van der Waals surface area contributed by atoms with Crippen LogP contribution in [0, 0.1) is 5.92 Å². The Labute approximate surface area is 217 Å². The van der Waals surface area contributed by atoms with Gasteiger partial charge in [-0.3, -0.25) is 4.90 Å². The molecule has 1 unspecified atom stereocenters. The van der Waals surface area contributed by atoms with Crippen LogP contribution in [-0.2, 0) is 21.2 Å². The molecule has 3 aliphatic heterocycles. The number of fused-ring (bicyclic) bond motifs is 1. The summed E-state index contributed by atoms with van der Waals surface area (Å²) in [7, 11) is -3.17. The van der Waals surface area contributed by atoms with Crippen molar-refractivity contribution in [2.45, 2.75) is 30.4 Å². The third-order valence-corrected chi connectivity index (χ3v) is 10.3. The molecular weight excluding hydrogens is 498 g/mol. The van der Waals surface area contributed by atoms with Gasteiger partial charge in [-0.15, -0.1) is 11.8 Å². The van der Waals surface area contributed by atoms with Crippen molar-refractivity contribution in [3.8, 4) is 11.4 Å². The molecule has 196 valence electrons. The van der Waals surface area contributed by atoms with Gasteiger partial charge in [-0.1, -0.05) is 13.8 Å². The monoisotopic (exact) mass is 533 g/mol. The summed E-state index contributed by atoms with van der Waals surface area (Å²) < 4.78 is 32.5. The average molecular weight is 534 g/mol. The molecule has 0 aromatic carbocycles. The maximum Gasteiger partial charge on any atom is 0.214 e. The van der Waals surface area contributed by atoms with Crippen LogP contribution in [0.5, 0.6) is 0 Å². The van der Waals surface area contributed by atoms with E-state index in [1.165, 1.54) is 0 Å². The van der Waals surface area contributed by atoms with E-state index in [0.717, 1.165) is 61.1 Å². The summed E-state index contributed by atoms with van der Waals surface area (Å²) in [5.41, 5.74) is 7.71. The summed E-state index contributed by atoms with van der Waals surface area (Å²) in [5.74, 6) is 2.48. The van der Waals surface area contributed by atoms with Crippen molar-refractivity contribution < 1.29 is 13.2 Å². The van der Waals surface area contributed by atoms with E-state index >= 15 is 0 Å². The number of anilines is 2. The Balaban J connectivity index is 1.30. The van der Waals surface area contributed by atoms with E-state index in [2.05, 4.69) is 14.8 Å². The van der Waals surface area contributed by atoms with Gasteiger partial charge in [0.25, 0.3) is 0 Å². The van der Waals surface area contributed by atoms with Crippen molar-refractivity contribution in [2.75, 3.05) is 75.4 Å². The fourth-order valence-corrected chi connectivity index (χ4v) is 8.11. The predicted molar refractivity (Wildman–Crippen MR) is 143 cm³/mol. The number of hydrogen-bond donors (Lipinski definition) is 1. The summed E-state index contributed by atoms with van der Waals surface area (Å²) in [6, 6.07) is 3.69. The first-order chi connectivity index (χ1) is 17.3. The topological polar surface area (TPSA) is 118 Å². The van der Waals surface area contributed by atoms with Crippen molar-refractivity contribution >= 4 is 33.4 Å². The van der Waals surface area contributed by atoms with Crippen LogP contribution in [0.25, 0.3) is 11.4 Å². The molecular formula is C24H35N7O3S2. The van der Waals surface area contributed by atoms with Crippen molar-refractivity contribution in [3.05, 3.63) is 24.0 Å². The lowest BCUT2D eigenvalue weighted by molar-refractivity contribution is 0.122. The molecule has 2 aromatic rings. The first kappa shape index (κ1) is 25.7. The lowest BCUT2D eigenvalue weighted by Crippen LogP contribution is -2.50. The van der Waals surface area contributed by atoms with Gasteiger partial charge in [-0.2, -0.15) is 4.31 Å². The molecule has 12 heteroatoms. The number of hydrogen-bond acceptors (Lipinski definition) is 10. The number of sulfonamides is 1. The molecule has 0 spiro atoms. The number of rotatable bonds is 7. The number of aromatic nitrogens is 3. The van der Waals surface area contributed by atoms with Crippen LogP contribution in [0.4, 0.5) is 11.6 Å². The van der Waals surface area contributed by atoms with Gasteiger partial charge in [0, 0.05) is 69.2 Å². The highest BCUT2D eigenvalue weighted by molar-refractivity contribution is 8.00. The number of ether oxygens (including phenoxy) is 1. The Bertz CT molecular complexity index is 1160. The molecule has 5 heterocycles. The Kier molecular flexibility index (Phi) is 7.68. The molecule has 0 amide bonds. The Morgan fingerprint density at radius 1 is 1.11 bits per heavy atom. The molecule has 10 nitrogen and oxygen atoms in total. The fraction of sp³-hybridized carbons (Fsp3) is 0.625. The molecule has 0 radical (unpaired) electrons. The highest BCUT2D eigenvalue weighted by Crippen LogP contribution is 2.43. The Morgan fingerprint density at radius 2 is 1.86 bits per heavy atom. The molecule has 1 atom stereocenters. The largest absolute Gasteiger partial charge is 0.384 e. The quantitative estimate of drug-likeness (QED) is 0.562. The number of nitrogens with two attached hydrogens (primary N) is 1. The second-order valence-corrected chi connectivity index (χ2v) is 13.4. The summed E-state index contributed by atoms with van der Waals surface area (Å²) in [4.78, 5) is 20.0. The third kappa shape index (κ3) is 5.77. The van der Waals surface area contributed by atoms with E-state index in [-0.39, 0.29) is 11.7 Å². The van der Waals surface area contributed by atoms with E-state index in [0.29, 0.717) is 43.2 Å². The minimum Gasteiger partial charge on any atom is -0.384 e. The highest BCUT2D eigenvalue weighted by Gasteiger charge is 2.34. The molecule has 5 rings (SSSR count). The molecule has 0 saturated carbocycles. The fourth-order valence-electron chi connectivity index (χ4n) is 4.93. The first-order valence-corrected chi connectivity index (χ1v) is 15.1. The van der Waals surface area contributed by atoms with Gasteiger partial charge in [0.05, 0.1) is 29.6 Å². The van der Waals surface area contributed by atoms with E-state index in [9.17, 15) is 8.42 Å². The molecule has 0 aliphatic carbocycles. The summed E-state index contributed by atoms with van der Waals surface area (Å²) in [6.07, 6.45) is 2.59. The molecule has 2 aromatic heterocycles. The lowest BCUT2D eigenvalue weighted by atomic mass is 10.2. The smallest absolute Gasteiger partial charge is 0.214 e. The molecule has 0 bridgehead atoms. The highest BCUT2D eigenvalue weighted by atomic mass is 32.2. The first-order valence-electron chi connectivity index (χ1n) is 12.6. The van der Waals surface area contributed by atoms with Gasteiger partial charge in [0.1, 0.15) is 11.6 Å². The second-order valence-electron chi connectivity index (χ2n) is 10.0. The standard InChI is InChI=1S/C24H35N7O3S2/c1-17(2)16-36(32,33)31-7-5-29(6-8-31)15-19-13-20-22(35-19)24(30-9-11-34-12-10-30)28-23(27-20)18-3-4-21(25)26-14-18/h3-4,14,17,19H,5-13,15-16H2,1-2H3,(H2,25,26). The number of thioether (sulfide) groups is 1. The lowest BCUT2D eigenvalue weighted by Gasteiger charge is -2.35. The van der Waals surface area contributed by atoms with Crippen LogP contribution in [0.1, 0.15) is 19.5 Å². The molecule has 36 heavy (non-hydrogen) atoms. The normalized spacial score (nSPS) is 21.8. The molecule has 3 aliphatic rings. The maximum absolute atomic E-state index is 12.6.